The van der Waals surface area contributed by atoms with Crippen LogP contribution in [0.3, 0.4) is 0 Å². The van der Waals surface area contributed by atoms with E-state index in [2.05, 4.69) is 4.98 Å². The molecular weight excluding hydrogens is 212 g/mol. The van der Waals surface area contributed by atoms with Gasteiger partial charge in [0.25, 0.3) is 0 Å². The zero-order valence-electron chi connectivity index (χ0n) is 9.21. The maximum Gasteiger partial charge on any atom is 0.134 e. The van der Waals surface area contributed by atoms with E-state index in [1.54, 1.807) is 6.20 Å². The Morgan fingerprint density at radius 3 is 2.65 bits per heavy atom. The Morgan fingerprint density at radius 2 is 1.88 bits per heavy atom. The molecule has 3 heteroatoms. The largest absolute Gasteiger partial charge is 0.459 e. The quantitative estimate of drug-likeness (QED) is 0.728. The molecular formula is C14H12N2O. The van der Waals surface area contributed by atoms with Crippen LogP contribution in [-0.2, 0) is 0 Å². The number of furan rings is 1. The maximum atomic E-state index is 6.12. The van der Waals surface area contributed by atoms with Gasteiger partial charge in [0.2, 0.25) is 0 Å². The summed E-state index contributed by atoms with van der Waals surface area (Å²) in [4.78, 5) is 4.24. The summed E-state index contributed by atoms with van der Waals surface area (Å²) in [6, 6.07) is 15.2. The molecule has 0 fully saturated rings. The van der Waals surface area contributed by atoms with Crippen LogP contribution < -0.4 is 5.73 Å². The second-order valence-electron chi connectivity index (χ2n) is 3.92. The molecule has 0 radical (unpaired) electrons. The highest BCUT2D eigenvalue weighted by Crippen LogP contribution is 2.25. The number of nitrogens with two attached hydrogens (primary N) is 1. The predicted molar refractivity (Wildman–Crippen MR) is 66.5 cm³/mol. The van der Waals surface area contributed by atoms with Crippen LogP contribution in [-0.4, -0.2) is 4.98 Å². The van der Waals surface area contributed by atoms with Crippen molar-refractivity contribution in [3.63, 3.8) is 0 Å². The van der Waals surface area contributed by atoms with Crippen LogP contribution in [0.15, 0.2) is 59.1 Å². The van der Waals surface area contributed by atoms with Crippen molar-refractivity contribution in [1.82, 2.24) is 4.98 Å². The van der Waals surface area contributed by atoms with Crippen molar-refractivity contribution in [3.8, 4) is 0 Å². The minimum atomic E-state index is -0.316. The Bertz CT molecular complexity index is 598. The number of nitrogens with zero attached hydrogens (tertiary/aromatic N) is 1. The van der Waals surface area contributed by atoms with E-state index < -0.39 is 0 Å². The number of para-hydroxylation sites is 1. The van der Waals surface area contributed by atoms with Gasteiger partial charge < -0.3 is 10.2 Å². The molecule has 1 aromatic carbocycles. The smallest absolute Gasteiger partial charge is 0.134 e. The highest BCUT2D eigenvalue weighted by atomic mass is 16.3. The number of aromatic nitrogens is 1. The van der Waals surface area contributed by atoms with Crippen LogP contribution in [0.5, 0.6) is 0 Å². The summed E-state index contributed by atoms with van der Waals surface area (Å²) in [7, 11) is 0. The third-order valence-electron chi connectivity index (χ3n) is 2.76. The van der Waals surface area contributed by atoms with Crippen molar-refractivity contribution in [1.29, 1.82) is 0 Å². The van der Waals surface area contributed by atoms with E-state index in [9.17, 15) is 0 Å². The monoisotopic (exact) mass is 224 g/mol. The van der Waals surface area contributed by atoms with Crippen LogP contribution >= 0.6 is 0 Å². The highest BCUT2D eigenvalue weighted by molar-refractivity contribution is 5.77. The SMILES string of the molecule is NC(c1ccccn1)c1cc2ccccc2o1. The van der Waals surface area contributed by atoms with Crippen LogP contribution in [0, 0.1) is 0 Å². The number of fused-ring (bicyclic) bond motifs is 1. The molecule has 3 rings (SSSR count). The Hall–Kier alpha value is -2.13. The van der Waals surface area contributed by atoms with Gasteiger partial charge in [-0.1, -0.05) is 24.3 Å². The van der Waals surface area contributed by atoms with Gasteiger partial charge in [0.1, 0.15) is 17.4 Å². The molecule has 0 bridgehead atoms. The summed E-state index contributed by atoms with van der Waals surface area (Å²) in [6.07, 6.45) is 1.73. The number of benzene rings is 1. The van der Waals surface area contributed by atoms with Crippen LogP contribution in [0.25, 0.3) is 11.0 Å². The minimum Gasteiger partial charge on any atom is -0.459 e. The fourth-order valence-electron chi connectivity index (χ4n) is 1.86. The molecule has 3 nitrogen and oxygen atoms in total. The van der Waals surface area contributed by atoms with Gasteiger partial charge in [-0.25, -0.2) is 0 Å². The number of rotatable bonds is 2. The van der Waals surface area contributed by atoms with Gasteiger partial charge in [-0.2, -0.15) is 0 Å². The summed E-state index contributed by atoms with van der Waals surface area (Å²) in [5.41, 5.74) is 7.79. The third-order valence-corrected chi connectivity index (χ3v) is 2.76. The van der Waals surface area contributed by atoms with Crippen molar-refractivity contribution in [2.75, 3.05) is 0 Å². The lowest BCUT2D eigenvalue weighted by Crippen LogP contribution is -2.12. The standard InChI is InChI=1S/C14H12N2O/c15-14(11-6-3-4-8-16-11)13-9-10-5-1-2-7-12(10)17-13/h1-9,14H,15H2. The molecule has 84 valence electrons. The molecule has 0 saturated carbocycles. The molecule has 1 atom stereocenters. The van der Waals surface area contributed by atoms with Crippen LogP contribution in [0.2, 0.25) is 0 Å². The van der Waals surface area contributed by atoms with E-state index in [4.69, 9.17) is 10.2 Å². The first-order chi connectivity index (χ1) is 8.34. The molecule has 0 aliphatic rings. The highest BCUT2D eigenvalue weighted by Gasteiger charge is 2.14. The fourth-order valence-corrected chi connectivity index (χ4v) is 1.86. The average Bonchev–Trinajstić information content (AvgIpc) is 2.82. The second-order valence-corrected chi connectivity index (χ2v) is 3.92. The van der Waals surface area contributed by atoms with Gasteiger partial charge in [-0.15, -0.1) is 0 Å². The van der Waals surface area contributed by atoms with Crippen molar-refractivity contribution in [3.05, 3.63) is 66.2 Å². The van der Waals surface area contributed by atoms with E-state index in [0.29, 0.717) is 0 Å². The Morgan fingerprint density at radius 1 is 1.06 bits per heavy atom. The average molecular weight is 224 g/mol. The molecule has 0 saturated heterocycles. The lowest BCUT2D eigenvalue weighted by Gasteiger charge is -2.06. The molecule has 17 heavy (non-hydrogen) atoms. The van der Waals surface area contributed by atoms with E-state index in [1.807, 2.05) is 48.5 Å². The first-order valence-corrected chi connectivity index (χ1v) is 5.49. The molecule has 2 N–H and O–H groups in total. The Balaban J connectivity index is 2.04. The molecule has 0 aliphatic heterocycles. The second kappa shape index (κ2) is 4.03. The van der Waals surface area contributed by atoms with Gasteiger partial charge in [0.15, 0.2) is 0 Å². The summed E-state index contributed by atoms with van der Waals surface area (Å²) < 4.78 is 5.72. The van der Waals surface area contributed by atoms with Gasteiger partial charge in [-0.05, 0) is 24.3 Å². The third kappa shape index (κ3) is 1.81. The van der Waals surface area contributed by atoms with Crippen molar-refractivity contribution >= 4 is 11.0 Å². The summed E-state index contributed by atoms with van der Waals surface area (Å²) in [5.74, 6) is 0.741. The van der Waals surface area contributed by atoms with E-state index in [1.165, 1.54) is 0 Å². The lowest BCUT2D eigenvalue weighted by molar-refractivity contribution is 0.521. The molecule has 3 aromatic rings. The zero-order valence-corrected chi connectivity index (χ0v) is 9.21. The van der Waals surface area contributed by atoms with Crippen LogP contribution in [0.4, 0.5) is 0 Å². The zero-order chi connectivity index (χ0) is 11.7. The Labute approximate surface area is 98.9 Å². The first kappa shape index (κ1) is 10.1. The molecule has 0 aliphatic carbocycles. The predicted octanol–water partition coefficient (Wildman–Crippen LogP) is 2.88. The van der Waals surface area contributed by atoms with Gasteiger partial charge in [0.05, 0.1) is 5.69 Å². The van der Waals surface area contributed by atoms with Crippen LogP contribution in [0.1, 0.15) is 17.5 Å². The van der Waals surface area contributed by atoms with E-state index >= 15 is 0 Å². The normalized spacial score (nSPS) is 12.8. The topological polar surface area (TPSA) is 52.0 Å². The van der Waals surface area contributed by atoms with E-state index in [-0.39, 0.29) is 6.04 Å². The van der Waals surface area contributed by atoms with Crippen molar-refractivity contribution in [2.24, 2.45) is 5.73 Å². The fraction of sp³-hybridized carbons (Fsp3) is 0.0714. The molecule has 1 unspecified atom stereocenters. The summed E-state index contributed by atoms with van der Waals surface area (Å²) in [5, 5.41) is 1.06. The van der Waals surface area contributed by atoms with E-state index in [0.717, 1.165) is 22.4 Å². The summed E-state index contributed by atoms with van der Waals surface area (Å²) >= 11 is 0. The van der Waals surface area contributed by atoms with Gasteiger partial charge in [0, 0.05) is 11.6 Å². The minimum absolute atomic E-state index is 0.316. The number of hydrogen-bond donors (Lipinski definition) is 1. The number of pyridine rings is 1. The van der Waals surface area contributed by atoms with Crippen molar-refractivity contribution in [2.45, 2.75) is 6.04 Å². The Kier molecular flexibility index (Phi) is 2.38. The number of hydrogen-bond acceptors (Lipinski definition) is 3. The maximum absolute atomic E-state index is 6.12. The molecule has 2 heterocycles. The van der Waals surface area contributed by atoms with Gasteiger partial charge >= 0.3 is 0 Å². The first-order valence-electron chi connectivity index (χ1n) is 5.49. The molecule has 0 amide bonds. The summed E-state index contributed by atoms with van der Waals surface area (Å²) in [6.45, 7) is 0. The van der Waals surface area contributed by atoms with Gasteiger partial charge in [-0.3, -0.25) is 4.98 Å². The van der Waals surface area contributed by atoms with Crippen molar-refractivity contribution < 1.29 is 4.42 Å². The molecule has 2 aromatic heterocycles. The lowest BCUT2D eigenvalue weighted by atomic mass is 10.1. The molecule has 0 spiro atoms.